The number of nitrogens with zero attached hydrogens (tertiary/aromatic N) is 1. The number of hydrogen-bond acceptors (Lipinski definition) is 2. The van der Waals surface area contributed by atoms with Crippen LogP contribution in [0.3, 0.4) is 0 Å². The SMILES string of the molecule is CC(O)C1CCCN(C(=O)CCc2ccccc2)C1. The summed E-state index contributed by atoms with van der Waals surface area (Å²) in [5, 5.41) is 9.65. The lowest BCUT2D eigenvalue weighted by Crippen LogP contribution is -2.43. The van der Waals surface area contributed by atoms with Crippen molar-refractivity contribution in [3.8, 4) is 0 Å². The molecule has 1 heterocycles. The van der Waals surface area contributed by atoms with Crippen molar-refractivity contribution < 1.29 is 9.90 Å². The van der Waals surface area contributed by atoms with Crippen molar-refractivity contribution >= 4 is 5.91 Å². The molecule has 1 aromatic carbocycles. The molecule has 1 aliphatic rings. The molecule has 0 aromatic heterocycles. The van der Waals surface area contributed by atoms with Crippen molar-refractivity contribution in [1.29, 1.82) is 0 Å². The molecule has 1 N–H and O–H groups in total. The Morgan fingerprint density at radius 3 is 2.84 bits per heavy atom. The van der Waals surface area contributed by atoms with Crippen LogP contribution in [0.4, 0.5) is 0 Å². The largest absolute Gasteiger partial charge is 0.393 e. The summed E-state index contributed by atoms with van der Waals surface area (Å²) in [4.78, 5) is 14.1. The van der Waals surface area contributed by atoms with E-state index in [1.165, 1.54) is 5.56 Å². The third-order valence-electron chi connectivity index (χ3n) is 3.96. The molecule has 104 valence electrons. The van der Waals surface area contributed by atoms with Gasteiger partial charge in [-0.2, -0.15) is 0 Å². The monoisotopic (exact) mass is 261 g/mol. The molecular formula is C16H23NO2. The fourth-order valence-corrected chi connectivity index (χ4v) is 2.68. The first-order chi connectivity index (χ1) is 9.16. The van der Waals surface area contributed by atoms with Crippen LogP contribution >= 0.6 is 0 Å². The quantitative estimate of drug-likeness (QED) is 0.903. The van der Waals surface area contributed by atoms with E-state index in [1.807, 2.05) is 30.0 Å². The normalized spacial score (nSPS) is 21.2. The van der Waals surface area contributed by atoms with Crippen molar-refractivity contribution in [2.75, 3.05) is 13.1 Å². The maximum absolute atomic E-state index is 12.2. The molecule has 3 heteroatoms. The number of aryl methyl sites for hydroxylation is 1. The molecule has 0 radical (unpaired) electrons. The van der Waals surface area contributed by atoms with Gasteiger partial charge in [-0.15, -0.1) is 0 Å². The first-order valence-electron chi connectivity index (χ1n) is 7.16. The fraction of sp³-hybridized carbons (Fsp3) is 0.562. The van der Waals surface area contributed by atoms with E-state index in [0.29, 0.717) is 13.0 Å². The van der Waals surface area contributed by atoms with E-state index in [9.17, 15) is 9.90 Å². The summed E-state index contributed by atoms with van der Waals surface area (Å²) < 4.78 is 0. The van der Waals surface area contributed by atoms with Gasteiger partial charge in [0.25, 0.3) is 0 Å². The molecule has 0 aliphatic carbocycles. The van der Waals surface area contributed by atoms with Crippen molar-refractivity contribution in [3.05, 3.63) is 35.9 Å². The summed E-state index contributed by atoms with van der Waals surface area (Å²) >= 11 is 0. The van der Waals surface area contributed by atoms with Crippen LogP contribution in [0.1, 0.15) is 31.7 Å². The van der Waals surface area contributed by atoms with Gasteiger partial charge >= 0.3 is 0 Å². The zero-order valence-corrected chi connectivity index (χ0v) is 11.6. The zero-order valence-electron chi connectivity index (χ0n) is 11.6. The lowest BCUT2D eigenvalue weighted by atomic mass is 9.93. The van der Waals surface area contributed by atoms with Crippen LogP contribution in [-0.4, -0.2) is 35.1 Å². The van der Waals surface area contributed by atoms with Gasteiger partial charge in [-0.3, -0.25) is 4.79 Å². The molecule has 1 amide bonds. The Morgan fingerprint density at radius 2 is 2.16 bits per heavy atom. The van der Waals surface area contributed by atoms with Crippen LogP contribution < -0.4 is 0 Å². The van der Waals surface area contributed by atoms with Crippen molar-refractivity contribution in [2.45, 2.75) is 38.7 Å². The van der Waals surface area contributed by atoms with Crippen LogP contribution in [0.5, 0.6) is 0 Å². The first kappa shape index (κ1) is 14.1. The molecule has 0 bridgehead atoms. The van der Waals surface area contributed by atoms with E-state index >= 15 is 0 Å². The number of likely N-dealkylation sites (tertiary alicyclic amines) is 1. The average Bonchev–Trinajstić information content (AvgIpc) is 2.46. The minimum Gasteiger partial charge on any atom is -0.393 e. The maximum atomic E-state index is 12.2. The van der Waals surface area contributed by atoms with Gasteiger partial charge in [0.2, 0.25) is 5.91 Å². The standard InChI is InChI=1S/C16H23NO2/c1-13(18)15-8-5-11-17(12-15)16(19)10-9-14-6-3-2-4-7-14/h2-4,6-7,13,15,18H,5,8-12H2,1H3. The minimum absolute atomic E-state index is 0.217. The molecule has 2 atom stereocenters. The molecule has 3 nitrogen and oxygen atoms in total. The van der Waals surface area contributed by atoms with E-state index < -0.39 is 0 Å². The van der Waals surface area contributed by atoms with E-state index in [-0.39, 0.29) is 17.9 Å². The van der Waals surface area contributed by atoms with Gasteiger partial charge in [-0.05, 0) is 31.7 Å². The summed E-state index contributed by atoms with van der Waals surface area (Å²) in [5.74, 6) is 0.462. The number of piperidine rings is 1. The lowest BCUT2D eigenvalue weighted by molar-refractivity contribution is -0.133. The van der Waals surface area contributed by atoms with Crippen LogP contribution in [0, 0.1) is 5.92 Å². The molecular weight excluding hydrogens is 238 g/mol. The Labute approximate surface area is 115 Å². The second kappa shape index (κ2) is 6.71. The zero-order chi connectivity index (χ0) is 13.7. The van der Waals surface area contributed by atoms with Gasteiger partial charge in [-0.25, -0.2) is 0 Å². The molecule has 0 spiro atoms. The highest BCUT2D eigenvalue weighted by molar-refractivity contribution is 5.76. The summed E-state index contributed by atoms with van der Waals surface area (Å²) in [6, 6.07) is 10.1. The molecule has 2 unspecified atom stereocenters. The van der Waals surface area contributed by atoms with E-state index in [0.717, 1.165) is 25.8 Å². The van der Waals surface area contributed by atoms with Crippen LogP contribution in [-0.2, 0) is 11.2 Å². The number of rotatable bonds is 4. The molecule has 1 aromatic rings. The van der Waals surface area contributed by atoms with Gasteiger partial charge < -0.3 is 10.0 Å². The van der Waals surface area contributed by atoms with E-state index in [2.05, 4.69) is 12.1 Å². The average molecular weight is 261 g/mol. The number of hydrogen-bond donors (Lipinski definition) is 1. The number of carbonyl (C=O) groups is 1. The minimum atomic E-state index is -0.315. The Morgan fingerprint density at radius 1 is 1.42 bits per heavy atom. The topological polar surface area (TPSA) is 40.5 Å². The second-order valence-corrected chi connectivity index (χ2v) is 5.47. The van der Waals surface area contributed by atoms with Gasteiger partial charge in [0.05, 0.1) is 6.10 Å². The summed E-state index contributed by atoms with van der Waals surface area (Å²) in [5.41, 5.74) is 1.21. The van der Waals surface area contributed by atoms with Crippen LogP contribution in [0.2, 0.25) is 0 Å². The van der Waals surface area contributed by atoms with E-state index in [4.69, 9.17) is 0 Å². The van der Waals surface area contributed by atoms with Gasteiger partial charge in [-0.1, -0.05) is 30.3 Å². The highest BCUT2D eigenvalue weighted by Crippen LogP contribution is 2.20. The molecule has 19 heavy (non-hydrogen) atoms. The van der Waals surface area contributed by atoms with Crippen LogP contribution in [0.15, 0.2) is 30.3 Å². The second-order valence-electron chi connectivity index (χ2n) is 5.47. The van der Waals surface area contributed by atoms with Crippen molar-refractivity contribution in [3.63, 3.8) is 0 Å². The van der Waals surface area contributed by atoms with Gasteiger partial charge in [0.15, 0.2) is 0 Å². The van der Waals surface area contributed by atoms with Gasteiger partial charge in [0, 0.05) is 25.4 Å². The lowest BCUT2D eigenvalue weighted by Gasteiger charge is -2.34. The number of carbonyl (C=O) groups excluding carboxylic acids is 1. The van der Waals surface area contributed by atoms with Crippen molar-refractivity contribution in [2.24, 2.45) is 5.92 Å². The Hall–Kier alpha value is -1.35. The van der Waals surface area contributed by atoms with Crippen molar-refractivity contribution in [1.82, 2.24) is 4.90 Å². The van der Waals surface area contributed by atoms with Crippen LogP contribution in [0.25, 0.3) is 0 Å². The number of amides is 1. The summed E-state index contributed by atoms with van der Waals surface area (Å²) in [6.45, 7) is 3.38. The number of aliphatic hydroxyl groups excluding tert-OH is 1. The Kier molecular flexibility index (Phi) is 4.97. The third kappa shape index (κ3) is 4.06. The molecule has 2 rings (SSSR count). The predicted molar refractivity (Wildman–Crippen MR) is 75.7 cm³/mol. The summed E-state index contributed by atoms with van der Waals surface area (Å²) in [7, 11) is 0. The number of benzene rings is 1. The third-order valence-corrected chi connectivity index (χ3v) is 3.96. The fourth-order valence-electron chi connectivity index (χ4n) is 2.68. The van der Waals surface area contributed by atoms with E-state index in [1.54, 1.807) is 0 Å². The highest BCUT2D eigenvalue weighted by atomic mass is 16.3. The highest BCUT2D eigenvalue weighted by Gasteiger charge is 2.25. The smallest absolute Gasteiger partial charge is 0.222 e. The predicted octanol–water partition coefficient (Wildman–Crippen LogP) is 2.24. The van der Waals surface area contributed by atoms with Gasteiger partial charge in [0.1, 0.15) is 0 Å². The Balaban J connectivity index is 1.83. The Bertz CT molecular complexity index is 402. The first-order valence-corrected chi connectivity index (χ1v) is 7.16. The summed E-state index contributed by atoms with van der Waals surface area (Å²) in [6.07, 6.45) is 3.09. The molecule has 1 saturated heterocycles. The molecule has 0 saturated carbocycles. The maximum Gasteiger partial charge on any atom is 0.222 e. The molecule has 1 fully saturated rings. The molecule has 1 aliphatic heterocycles. The number of aliphatic hydroxyl groups is 1.